The first kappa shape index (κ1) is 5.06. The molecule has 0 saturated heterocycles. The summed E-state index contributed by atoms with van der Waals surface area (Å²) >= 11 is 0. The molecule has 7 heavy (non-hydrogen) atoms. The summed E-state index contributed by atoms with van der Waals surface area (Å²) in [5.41, 5.74) is -0.681. The third kappa shape index (κ3) is 0.763. The van der Waals surface area contributed by atoms with Gasteiger partial charge in [0, 0.05) is 0 Å². The molecule has 1 rings (SSSR count). The molecule has 0 aromatic carbocycles. The van der Waals surface area contributed by atoms with Crippen molar-refractivity contribution in [2.45, 2.75) is 24.9 Å². The van der Waals surface area contributed by atoms with Crippen LogP contribution in [-0.2, 0) is 0 Å². The summed E-state index contributed by atoms with van der Waals surface area (Å²) in [6.45, 7) is -0.0625. The van der Waals surface area contributed by atoms with Gasteiger partial charge >= 0.3 is 0 Å². The van der Waals surface area contributed by atoms with Crippen LogP contribution >= 0.6 is 0 Å². The molecule has 0 atom stereocenters. The summed E-state index contributed by atoms with van der Waals surface area (Å²) in [6, 6.07) is 0. The summed E-state index contributed by atoms with van der Waals surface area (Å²) in [5.74, 6) is 0. The van der Waals surface area contributed by atoms with Crippen molar-refractivity contribution in [3.8, 4) is 0 Å². The van der Waals surface area contributed by atoms with E-state index in [0.717, 1.165) is 19.3 Å². The number of rotatable bonds is 1. The van der Waals surface area contributed by atoms with Gasteiger partial charge in [0.15, 0.2) is 0 Å². The molecule has 0 unspecified atom stereocenters. The lowest BCUT2D eigenvalue weighted by molar-refractivity contribution is -0.0738. The van der Waals surface area contributed by atoms with Crippen LogP contribution < -0.4 is 0 Å². The van der Waals surface area contributed by atoms with E-state index in [1.807, 2.05) is 0 Å². The van der Waals surface area contributed by atoms with Crippen LogP contribution in [0.5, 0.6) is 0 Å². The number of hydrogen-bond acceptors (Lipinski definition) is 2. The highest BCUT2D eigenvalue weighted by molar-refractivity contribution is 4.86. The van der Waals surface area contributed by atoms with E-state index < -0.39 is 5.60 Å². The molecular weight excluding hydrogens is 92.1 g/mol. The average molecular weight is 102 g/mol. The molecule has 2 N–H and O–H groups in total. The maximum Gasteiger partial charge on any atom is 0.0877 e. The molecule has 1 saturated carbocycles. The molecule has 0 aliphatic heterocycles. The molecule has 0 aromatic rings. The van der Waals surface area contributed by atoms with Crippen LogP contribution in [0, 0.1) is 0 Å². The van der Waals surface area contributed by atoms with Crippen molar-refractivity contribution in [3.63, 3.8) is 0 Å². The maximum atomic E-state index is 8.97. The molecule has 1 aliphatic rings. The Morgan fingerprint density at radius 1 is 1.43 bits per heavy atom. The lowest BCUT2D eigenvalue weighted by Gasteiger charge is -2.34. The molecule has 0 amide bonds. The van der Waals surface area contributed by atoms with Crippen LogP contribution in [0.2, 0.25) is 0 Å². The van der Waals surface area contributed by atoms with Crippen LogP contribution in [0.3, 0.4) is 0 Å². The van der Waals surface area contributed by atoms with Crippen LogP contribution in [-0.4, -0.2) is 22.4 Å². The Bertz CT molecular complexity index is 61.0. The molecule has 42 valence electrons. The van der Waals surface area contributed by atoms with Gasteiger partial charge in [-0.1, -0.05) is 0 Å². The largest absolute Gasteiger partial charge is 0.393 e. The number of aliphatic hydroxyl groups excluding tert-OH is 1. The van der Waals surface area contributed by atoms with Crippen molar-refractivity contribution in [3.05, 3.63) is 0 Å². The summed E-state index contributed by atoms with van der Waals surface area (Å²) in [6.07, 6.45) is 2.63. The SMILES string of the molecule is OCC1(O)CCC1. The standard InChI is InChI=1S/C5H10O2/c6-4-5(7)2-1-3-5/h6-7H,1-4H2. The van der Waals surface area contributed by atoms with Gasteiger partial charge in [-0.05, 0) is 19.3 Å². The molecule has 0 radical (unpaired) electrons. The van der Waals surface area contributed by atoms with E-state index in [0.29, 0.717) is 0 Å². The van der Waals surface area contributed by atoms with Gasteiger partial charge in [0.05, 0.1) is 12.2 Å². The fourth-order valence-electron chi connectivity index (χ4n) is 0.743. The average Bonchev–Trinajstić information content (AvgIpc) is 1.61. The highest BCUT2D eigenvalue weighted by Crippen LogP contribution is 2.30. The monoisotopic (exact) mass is 102 g/mol. The molecule has 0 bridgehead atoms. The highest BCUT2D eigenvalue weighted by atomic mass is 16.3. The van der Waals surface area contributed by atoms with Crippen LogP contribution in [0.25, 0.3) is 0 Å². The second-order valence-electron chi connectivity index (χ2n) is 2.24. The minimum atomic E-state index is -0.681. The van der Waals surface area contributed by atoms with E-state index >= 15 is 0 Å². The molecule has 2 heteroatoms. The zero-order valence-corrected chi connectivity index (χ0v) is 4.22. The van der Waals surface area contributed by atoms with Crippen molar-refractivity contribution >= 4 is 0 Å². The molecule has 2 nitrogen and oxygen atoms in total. The Kier molecular flexibility index (Phi) is 1.05. The van der Waals surface area contributed by atoms with Crippen molar-refractivity contribution in [2.24, 2.45) is 0 Å². The van der Waals surface area contributed by atoms with E-state index in [1.165, 1.54) is 0 Å². The predicted molar refractivity (Wildman–Crippen MR) is 25.9 cm³/mol. The van der Waals surface area contributed by atoms with Gasteiger partial charge in [-0.2, -0.15) is 0 Å². The highest BCUT2D eigenvalue weighted by Gasteiger charge is 2.32. The van der Waals surface area contributed by atoms with Crippen LogP contribution in [0.4, 0.5) is 0 Å². The van der Waals surface area contributed by atoms with Gasteiger partial charge in [-0.3, -0.25) is 0 Å². The first-order valence-electron chi connectivity index (χ1n) is 2.60. The Balaban J connectivity index is 2.29. The van der Waals surface area contributed by atoms with Gasteiger partial charge in [-0.25, -0.2) is 0 Å². The topological polar surface area (TPSA) is 40.5 Å². The van der Waals surface area contributed by atoms with Crippen molar-refractivity contribution in [1.82, 2.24) is 0 Å². The van der Waals surface area contributed by atoms with Crippen LogP contribution in [0.15, 0.2) is 0 Å². The summed E-state index contributed by atoms with van der Waals surface area (Å²) in [5, 5.41) is 17.4. The fraction of sp³-hybridized carbons (Fsp3) is 1.00. The molecule has 0 spiro atoms. The third-order valence-electron chi connectivity index (χ3n) is 1.58. The maximum absolute atomic E-state index is 8.97. The van der Waals surface area contributed by atoms with E-state index in [2.05, 4.69) is 0 Å². The zero-order chi connectivity index (χ0) is 5.33. The third-order valence-corrected chi connectivity index (χ3v) is 1.58. The Morgan fingerprint density at radius 2 is 2.00 bits per heavy atom. The zero-order valence-electron chi connectivity index (χ0n) is 4.22. The first-order valence-corrected chi connectivity index (χ1v) is 2.60. The second-order valence-corrected chi connectivity index (χ2v) is 2.24. The summed E-state index contributed by atoms with van der Waals surface area (Å²) in [7, 11) is 0. The molecular formula is C5H10O2. The summed E-state index contributed by atoms with van der Waals surface area (Å²) in [4.78, 5) is 0. The summed E-state index contributed by atoms with van der Waals surface area (Å²) < 4.78 is 0. The van der Waals surface area contributed by atoms with Gasteiger partial charge in [0.2, 0.25) is 0 Å². The lowest BCUT2D eigenvalue weighted by Crippen LogP contribution is -2.40. The molecule has 0 aromatic heterocycles. The van der Waals surface area contributed by atoms with E-state index in [9.17, 15) is 0 Å². The van der Waals surface area contributed by atoms with Gasteiger partial charge in [0.25, 0.3) is 0 Å². The first-order chi connectivity index (χ1) is 3.27. The van der Waals surface area contributed by atoms with E-state index in [-0.39, 0.29) is 6.61 Å². The van der Waals surface area contributed by atoms with Crippen molar-refractivity contribution in [2.75, 3.05) is 6.61 Å². The number of hydrogen-bond donors (Lipinski definition) is 2. The fourth-order valence-corrected chi connectivity index (χ4v) is 0.743. The van der Waals surface area contributed by atoms with Crippen molar-refractivity contribution in [1.29, 1.82) is 0 Å². The minimum absolute atomic E-state index is 0.0625. The second kappa shape index (κ2) is 1.46. The Hall–Kier alpha value is -0.0800. The quantitative estimate of drug-likeness (QED) is 0.485. The Morgan fingerprint density at radius 3 is 2.00 bits per heavy atom. The number of aliphatic hydroxyl groups is 2. The Labute approximate surface area is 42.8 Å². The smallest absolute Gasteiger partial charge is 0.0877 e. The molecule has 0 heterocycles. The minimum Gasteiger partial charge on any atom is -0.393 e. The van der Waals surface area contributed by atoms with Crippen molar-refractivity contribution < 1.29 is 10.2 Å². The van der Waals surface area contributed by atoms with Gasteiger partial charge in [-0.15, -0.1) is 0 Å². The van der Waals surface area contributed by atoms with Crippen LogP contribution in [0.1, 0.15) is 19.3 Å². The van der Waals surface area contributed by atoms with Gasteiger partial charge in [0.1, 0.15) is 0 Å². The van der Waals surface area contributed by atoms with Gasteiger partial charge < -0.3 is 10.2 Å². The normalized spacial score (nSPS) is 26.6. The lowest BCUT2D eigenvalue weighted by atomic mass is 9.81. The molecule has 1 fully saturated rings. The predicted octanol–water partition coefficient (Wildman–Crippen LogP) is -0.106. The van der Waals surface area contributed by atoms with E-state index in [1.54, 1.807) is 0 Å². The van der Waals surface area contributed by atoms with E-state index in [4.69, 9.17) is 10.2 Å². The molecule has 1 aliphatic carbocycles.